The van der Waals surface area contributed by atoms with Crippen LogP contribution < -0.4 is 11.1 Å². The van der Waals surface area contributed by atoms with E-state index in [4.69, 9.17) is 5.73 Å². The third-order valence-corrected chi connectivity index (χ3v) is 4.86. The first-order valence-electron chi connectivity index (χ1n) is 8.00. The number of thiophene rings is 1. The van der Waals surface area contributed by atoms with Crippen molar-refractivity contribution in [1.29, 1.82) is 0 Å². The highest BCUT2D eigenvalue weighted by Crippen LogP contribution is 2.20. The largest absolute Gasteiger partial charge is 0.349 e. The number of hydrogen-bond acceptors (Lipinski definition) is 6. The Morgan fingerprint density at radius 2 is 1.96 bits per heavy atom. The molecule has 0 saturated heterocycles. The van der Waals surface area contributed by atoms with Crippen molar-refractivity contribution in [2.45, 2.75) is 25.8 Å². The molecule has 0 fully saturated rings. The first-order chi connectivity index (χ1) is 12.1. The molecule has 0 spiro atoms. The summed E-state index contributed by atoms with van der Waals surface area (Å²) in [5, 5.41) is 15.7. The van der Waals surface area contributed by atoms with Gasteiger partial charge in [0.1, 0.15) is 11.2 Å². The molecule has 3 rings (SSSR count). The molecule has 0 aliphatic rings. The molecular weight excluding hydrogens is 336 g/mol. The van der Waals surface area contributed by atoms with Crippen LogP contribution in [0.2, 0.25) is 0 Å². The van der Waals surface area contributed by atoms with Gasteiger partial charge in [-0.1, -0.05) is 38.1 Å². The van der Waals surface area contributed by atoms with E-state index < -0.39 is 0 Å². The molecule has 0 radical (unpaired) electrons. The van der Waals surface area contributed by atoms with Crippen LogP contribution in [0.1, 0.15) is 46.6 Å². The topological polar surface area (TPSA) is 98.7 Å². The molecule has 3 N–H and O–H groups in total. The van der Waals surface area contributed by atoms with Crippen molar-refractivity contribution in [2.75, 3.05) is 6.54 Å². The van der Waals surface area contributed by atoms with Crippen LogP contribution in [0.4, 0.5) is 0 Å². The van der Waals surface area contributed by atoms with Crippen molar-refractivity contribution in [3.63, 3.8) is 0 Å². The lowest BCUT2D eigenvalue weighted by Crippen LogP contribution is -2.32. The van der Waals surface area contributed by atoms with Gasteiger partial charge in [-0.25, -0.2) is 0 Å². The molecule has 7 nitrogen and oxygen atoms in total. The highest BCUT2D eigenvalue weighted by atomic mass is 32.1. The maximum atomic E-state index is 12.5. The van der Waals surface area contributed by atoms with Crippen LogP contribution >= 0.6 is 11.3 Å². The van der Waals surface area contributed by atoms with Gasteiger partial charge in [0.15, 0.2) is 0 Å². The average molecular weight is 356 g/mol. The number of carbonyl (C=O) groups excluding carboxylic acids is 1. The Labute approximate surface area is 149 Å². The predicted molar refractivity (Wildman–Crippen MR) is 96.8 cm³/mol. The van der Waals surface area contributed by atoms with E-state index >= 15 is 0 Å². The van der Waals surface area contributed by atoms with Gasteiger partial charge in [-0.15, -0.1) is 16.4 Å². The second-order valence-electron chi connectivity index (χ2n) is 6.03. The zero-order valence-corrected chi connectivity index (χ0v) is 14.9. The third-order valence-electron chi connectivity index (χ3n) is 3.96. The van der Waals surface area contributed by atoms with Crippen molar-refractivity contribution in [2.24, 2.45) is 5.73 Å². The van der Waals surface area contributed by atoms with Gasteiger partial charge in [0.05, 0.1) is 5.69 Å². The molecule has 1 unspecified atom stereocenters. The Hall–Kier alpha value is -2.58. The quantitative estimate of drug-likeness (QED) is 0.706. The van der Waals surface area contributed by atoms with Gasteiger partial charge in [0, 0.05) is 12.6 Å². The zero-order valence-electron chi connectivity index (χ0n) is 14.1. The van der Waals surface area contributed by atoms with Gasteiger partial charge in [-0.2, -0.15) is 4.68 Å². The minimum absolute atomic E-state index is 0.185. The number of rotatable bonds is 6. The molecule has 2 heterocycles. The predicted octanol–water partition coefficient (Wildman–Crippen LogP) is 2.28. The number of aromatic nitrogens is 4. The lowest BCUT2D eigenvalue weighted by molar-refractivity contribution is 0.0955. The summed E-state index contributed by atoms with van der Waals surface area (Å²) in [6.07, 6.45) is 1.46. The third kappa shape index (κ3) is 3.92. The van der Waals surface area contributed by atoms with Crippen LogP contribution in [0.25, 0.3) is 5.69 Å². The van der Waals surface area contributed by atoms with Crippen LogP contribution in [0.3, 0.4) is 0 Å². The Balaban J connectivity index is 1.63. The van der Waals surface area contributed by atoms with Gasteiger partial charge < -0.3 is 11.1 Å². The maximum absolute atomic E-state index is 12.5. The molecule has 1 aromatic carbocycles. The number of hydrogen-bond donors (Lipinski definition) is 2. The second-order valence-corrected chi connectivity index (χ2v) is 6.94. The summed E-state index contributed by atoms with van der Waals surface area (Å²) >= 11 is 1.34. The number of nitrogens with one attached hydrogen (secondary N) is 1. The molecule has 0 bridgehead atoms. The Bertz CT molecular complexity index is 825. The summed E-state index contributed by atoms with van der Waals surface area (Å²) in [6.45, 7) is 4.66. The van der Waals surface area contributed by atoms with Crippen LogP contribution in [0.5, 0.6) is 0 Å². The van der Waals surface area contributed by atoms with E-state index in [2.05, 4.69) is 46.8 Å². The molecular formula is C17H20N6OS. The Kier molecular flexibility index (Phi) is 5.20. The fourth-order valence-corrected chi connectivity index (χ4v) is 3.25. The van der Waals surface area contributed by atoms with E-state index in [0.29, 0.717) is 23.0 Å². The van der Waals surface area contributed by atoms with E-state index in [9.17, 15) is 4.79 Å². The second kappa shape index (κ2) is 7.54. The summed E-state index contributed by atoms with van der Waals surface area (Å²) in [6, 6.07) is 9.74. The van der Waals surface area contributed by atoms with Crippen molar-refractivity contribution >= 4 is 17.2 Å². The molecule has 0 saturated carbocycles. The number of benzene rings is 1. The lowest BCUT2D eigenvalue weighted by Gasteiger charge is -2.14. The molecule has 2 aromatic heterocycles. The van der Waals surface area contributed by atoms with Gasteiger partial charge >= 0.3 is 0 Å². The smallest absolute Gasteiger partial charge is 0.263 e. The summed E-state index contributed by atoms with van der Waals surface area (Å²) in [4.78, 5) is 13.0. The van der Waals surface area contributed by atoms with E-state index in [0.717, 1.165) is 5.56 Å². The normalized spacial score (nSPS) is 12.3. The molecule has 130 valence electrons. The van der Waals surface area contributed by atoms with Gasteiger partial charge in [-0.3, -0.25) is 4.79 Å². The number of tetrazole rings is 1. The maximum Gasteiger partial charge on any atom is 0.263 e. The Morgan fingerprint density at radius 3 is 2.60 bits per heavy atom. The van der Waals surface area contributed by atoms with Crippen LogP contribution in [-0.4, -0.2) is 32.7 Å². The molecule has 1 atom stereocenters. The molecule has 1 amide bonds. The van der Waals surface area contributed by atoms with E-state index in [-0.39, 0.29) is 11.9 Å². The van der Waals surface area contributed by atoms with Crippen LogP contribution in [-0.2, 0) is 0 Å². The fraction of sp³-hybridized carbons (Fsp3) is 0.294. The Morgan fingerprint density at radius 1 is 1.24 bits per heavy atom. The van der Waals surface area contributed by atoms with Gasteiger partial charge in [0.2, 0.25) is 0 Å². The van der Waals surface area contributed by atoms with Gasteiger partial charge in [0.25, 0.3) is 5.91 Å². The SMILES string of the molecule is CC(C)c1ccc(C(N)CNC(=O)c2sccc2-n2cnnn2)cc1. The van der Waals surface area contributed by atoms with Crippen LogP contribution in [0.15, 0.2) is 42.0 Å². The highest BCUT2D eigenvalue weighted by molar-refractivity contribution is 7.12. The van der Waals surface area contributed by atoms with Gasteiger partial charge in [-0.05, 0) is 38.9 Å². The summed E-state index contributed by atoms with van der Waals surface area (Å²) in [5.74, 6) is 0.295. The first kappa shape index (κ1) is 17.2. The van der Waals surface area contributed by atoms with Crippen molar-refractivity contribution < 1.29 is 4.79 Å². The van der Waals surface area contributed by atoms with Crippen molar-refractivity contribution in [3.05, 3.63) is 58.0 Å². The molecule has 3 aromatic rings. The fourth-order valence-electron chi connectivity index (χ4n) is 2.45. The van der Waals surface area contributed by atoms with E-state index in [1.165, 1.54) is 27.9 Å². The lowest BCUT2D eigenvalue weighted by atomic mass is 9.99. The standard InChI is InChI=1S/C17H20N6OS/c1-11(2)12-3-5-13(6-4-12)14(18)9-19-17(24)16-15(7-8-25-16)23-10-20-21-22-23/h3-8,10-11,14H,9,18H2,1-2H3,(H,19,24). The number of amides is 1. The van der Waals surface area contributed by atoms with Crippen molar-refractivity contribution in [1.82, 2.24) is 25.5 Å². The summed E-state index contributed by atoms with van der Waals surface area (Å²) < 4.78 is 1.47. The van der Waals surface area contributed by atoms with E-state index in [1.54, 1.807) is 6.07 Å². The first-order valence-corrected chi connectivity index (χ1v) is 8.88. The van der Waals surface area contributed by atoms with Crippen molar-refractivity contribution in [3.8, 4) is 5.69 Å². The number of carbonyl (C=O) groups is 1. The zero-order chi connectivity index (χ0) is 17.8. The summed E-state index contributed by atoms with van der Waals surface area (Å²) in [7, 11) is 0. The molecule has 0 aliphatic carbocycles. The highest BCUT2D eigenvalue weighted by Gasteiger charge is 2.16. The average Bonchev–Trinajstić information content (AvgIpc) is 3.30. The molecule has 8 heteroatoms. The molecule has 25 heavy (non-hydrogen) atoms. The minimum atomic E-state index is -0.262. The number of nitrogens with two attached hydrogens (primary N) is 1. The summed E-state index contributed by atoms with van der Waals surface area (Å²) in [5.41, 5.74) is 9.13. The molecule has 0 aliphatic heterocycles. The van der Waals surface area contributed by atoms with Crippen LogP contribution in [0, 0.1) is 0 Å². The van der Waals surface area contributed by atoms with E-state index in [1.807, 2.05) is 17.5 Å². The monoisotopic (exact) mass is 356 g/mol. The minimum Gasteiger partial charge on any atom is -0.349 e. The number of nitrogens with zero attached hydrogens (tertiary/aromatic N) is 4.